The molecular weight excluding hydrogens is 175 g/mol. The summed E-state index contributed by atoms with van der Waals surface area (Å²) in [6, 6.07) is 2.28. The maximum Gasteiger partial charge on any atom is 0.321 e. The van der Waals surface area contributed by atoms with Crippen LogP contribution in [0, 0.1) is 0 Å². The van der Waals surface area contributed by atoms with Crippen molar-refractivity contribution in [1.82, 2.24) is 5.32 Å². The fourth-order valence-electron chi connectivity index (χ4n) is 0.760. The first-order valence-electron chi connectivity index (χ1n) is 3.89. The third-order valence-electron chi connectivity index (χ3n) is 1.37. The van der Waals surface area contributed by atoms with Crippen molar-refractivity contribution in [2.45, 2.75) is 13.0 Å². The minimum atomic E-state index is -0.592. The van der Waals surface area contributed by atoms with Gasteiger partial charge in [0.15, 0.2) is 0 Å². The van der Waals surface area contributed by atoms with Gasteiger partial charge in [-0.25, -0.2) is 9.18 Å². The largest absolute Gasteiger partial charge is 0.449 e. The molecule has 1 atom stereocenters. The molecule has 1 rings (SSSR count). The van der Waals surface area contributed by atoms with Crippen molar-refractivity contribution in [2.75, 3.05) is 12.0 Å². The third kappa shape index (κ3) is 3.14. The predicted octanol–water partition coefficient (Wildman–Crippen LogP) is 1.76. The molecule has 13 heavy (non-hydrogen) atoms. The van der Waals surface area contributed by atoms with Crippen LogP contribution in [0.25, 0.3) is 0 Å². The Morgan fingerprint density at radius 1 is 1.77 bits per heavy atom. The van der Waals surface area contributed by atoms with Crippen LogP contribution in [-0.2, 0) is 0 Å². The summed E-state index contributed by atoms with van der Waals surface area (Å²) in [4.78, 5) is 11.0. The number of alkyl halides is 1. The lowest BCUT2D eigenvalue weighted by Gasteiger charge is -2.09. The number of hydrogen-bond acceptors (Lipinski definition) is 2. The van der Waals surface area contributed by atoms with E-state index < -0.39 is 18.7 Å². The van der Waals surface area contributed by atoms with Crippen LogP contribution in [0.1, 0.15) is 6.92 Å². The van der Waals surface area contributed by atoms with Crippen LogP contribution in [0.2, 0.25) is 0 Å². The third-order valence-corrected chi connectivity index (χ3v) is 1.37. The van der Waals surface area contributed by atoms with Crippen LogP contribution in [0.4, 0.5) is 15.1 Å². The van der Waals surface area contributed by atoms with Gasteiger partial charge in [0, 0.05) is 6.07 Å². The zero-order valence-electron chi connectivity index (χ0n) is 7.21. The molecule has 0 saturated heterocycles. The second-order valence-corrected chi connectivity index (χ2v) is 2.63. The van der Waals surface area contributed by atoms with Gasteiger partial charge in [0.05, 0.1) is 12.3 Å². The van der Waals surface area contributed by atoms with E-state index in [9.17, 15) is 9.18 Å². The highest BCUT2D eigenvalue weighted by atomic mass is 19.1. The molecule has 0 aliphatic rings. The zero-order chi connectivity index (χ0) is 9.68. The maximum absolute atomic E-state index is 12.0. The van der Waals surface area contributed by atoms with E-state index in [0.717, 1.165) is 0 Å². The molecule has 0 fully saturated rings. The monoisotopic (exact) mass is 186 g/mol. The van der Waals surface area contributed by atoms with Crippen molar-refractivity contribution in [3.63, 3.8) is 0 Å². The molecule has 0 radical (unpaired) electrons. The molecule has 0 saturated carbocycles. The Balaban J connectivity index is 2.34. The van der Waals surface area contributed by atoms with Gasteiger partial charge in [-0.05, 0) is 13.0 Å². The number of rotatable bonds is 3. The molecule has 2 amide bonds. The molecule has 2 N–H and O–H groups in total. The van der Waals surface area contributed by atoms with Gasteiger partial charge in [0.1, 0.15) is 6.67 Å². The van der Waals surface area contributed by atoms with Gasteiger partial charge in [-0.15, -0.1) is 0 Å². The molecule has 1 aromatic heterocycles. The smallest absolute Gasteiger partial charge is 0.321 e. The minimum absolute atomic E-state index is 0.337. The molecule has 4 nitrogen and oxygen atoms in total. The number of urea groups is 1. The standard InChI is InChI=1S/C8H11FN2O2/c1-6(5-9)10-8(12)11-7-3-2-4-13-7/h2-4,6H,5H2,1H3,(H2,10,11,12)/t6-/m0/s1. The van der Waals surface area contributed by atoms with Crippen molar-refractivity contribution >= 4 is 11.9 Å². The van der Waals surface area contributed by atoms with E-state index in [2.05, 4.69) is 10.6 Å². The van der Waals surface area contributed by atoms with Crippen LogP contribution in [-0.4, -0.2) is 18.7 Å². The van der Waals surface area contributed by atoms with Crippen LogP contribution < -0.4 is 10.6 Å². The van der Waals surface area contributed by atoms with Gasteiger partial charge in [0.2, 0.25) is 5.88 Å². The summed E-state index contributed by atoms with van der Waals surface area (Å²) in [5.41, 5.74) is 0. The lowest BCUT2D eigenvalue weighted by molar-refractivity contribution is 0.246. The number of furan rings is 1. The Morgan fingerprint density at radius 2 is 2.54 bits per heavy atom. The quantitative estimate of drug-likeness (QED) is 0.755. The fraction of sp³-hybridized carbons (Fsp3) is 0.375. The average molecular weight is 186 g/mol. The summed E-state index contributed by atoms with van der Waals surface area (Å²) in [6.07, 6.45) is 1.44. The molecule has 1 heterocycles. The Labute approximate surface area is 75.1 Å². The average Bonchev–Trinajstić information content (AvgIpc) is 2.56. The van der Waals surface area contributed by atoms with Crippen molar-refractivity contribution in [2.24, 2.45) is 0 Å². The van der Waals surface area contributed by atoms with Gasteiger partial charge in [-0.2, -0.15) is 0 Å². The summed E-state index contributed by atoms with van der Waals surface area (Å²) in [5, 5.41) is 4.79. The van der Waals surface area contributed by atoms with E-state index in [1.54, 1.807) is 19.1 Å². The number of amides is 2. The molecule has 0 aliphatic carbocycles. The molecule has 5 heteroatoms. The van der Waals surface area contributed by atoms with E-state index in [1.807, 2.05) is 0 Å². The zero-order valence-corrected chi connectivity index (χ0v) is 7.21. The Kier molecular flexibility index (Phi) is 3.31. The highest BCUT2D eigenvalue weighted by molar-refractivity contribution is 5.87. The Hall–Kier alpha value is -1.52. The Bertz CT molecular complexity index is 261. The first-order chi connectivity index (χ1) is 6.22. The van der Waals surface area contributed by atoms with E-state index in [4.69, 9.17) is 4.42 Å². The normalized spacial score (nSPS) is 12.2. The van der Waals surface area contributed by atoms with Crippen LogP contribution >= 0.6 is 0 Å². The number of nitrogens with one attached hydrogen (secondary N) is 2. The van der Waals surface area contributed by atoms with Crippen LogP contribution in [0.3, 0.4) is 0 Å². The first kappa shape index (κ1) is 9.57. The van der Waals surface area contributed by atoms with Crippen molar-refractivity contribution < 1.29 is 13.6 Å². The number of anilines is 1. The van der Waals surface area contributed by atoms with Gasteiger partial charge >= 0.3 is 6.03 Å². The van der Waals surface area contributed by atoms with Gasteiger partial charge < -0.3 is 9.73 Å². The van der Waals surface area contributed by atoms with Crippen molar-refractivity contribution in [3.8, 4) is 0 Å². The molecule has 0 aliphatic heterocycles. The van der Waals surface area contributed by atoms with Gasteiger partial charge in [-0.3, -0.25) is 5.32 Å². The van der Waals surface area contributed by atoms with E-state index in [1.165, 1.54) is 6.26 Å². The van der Waals surface area contributed by atoms with Crippen molar-refractivity contribution in [3.05, 3.63) is 18.4 Å². The second-order valence-electron chi connectivity index (χ2n) is 2.63. The molecule has 72 valence electrons. The second kappa shape index (κ2) is 4.49. The molecule has 0 bridgehead atoms. The number of halogens is 1. The summed E-state index contributed by atoms with van der Waals surface area (Å²) < 4.78 is 16.8. The minimum Gasteiger partial charge on any atom is -0.449 e. The van der Waals surface area contributed by atoms with Gasteiger partial charge in [0.25, 0.3) is 0 Å². The topological polar surface area (TPSA) is 54.3 Å². The number of carbonyl (C=O) groups is 1. The summed E-state index contributed by atoms with van der Waals surface area (Å²) in [6.45, 7) is 0.979. The summed E-state index contributed by atoms with van der Waals surface area (Å²) in [5.74, 6) is 0.337. The van der Waals surface area contributed by atoms with Crippen LogP contribution in [0.15, 0.2) is 22.8 Å². The molecule has 1 aromatic rings. The number of carbonyl (C=O) groups excluding carboxylic acids is 1. The summed E-state index contributed by atoms with van der Waals surface area (Å²) >= 11 is 0. The SMILES string of the molecule is C[C@@H](CF)NC(=O)Nc1ccco1. The predicted molar refractivity (Wildman–Crippen MR) is 46.3 cm³/mol. The highest BCUT2D eigenvalue weighted by Crippen LogP contribution is 2.05. The lowest BCUT2D eigenvalue weighted by Crippen LogP contribution is -2.37. The Morgan fingerprint density at radius 3 is 3.08 bits per heavy atom. The number of hydrogen-bond donors (Lipinski definition) is 2. The highest BCUT2D eigenvalue weighted by Gasteiger charge is 2.07. The van der Waals surface area contributed by atoms with E-state index in [-0.39, 0.29) is 0 Å². The molecule has 0 spiro atoms. The summed E-state index contributed by atoms with van der Waals surface area (Å²) in [7, 11) is 0. The van der Waals surface area contributed by atoms with E-state index in [0.29, 0.717) is 5.88 Å². The first-order valence-corrected chi connectivity index (χ1v) is 3.89. The van der Waals surface area contributed by atoms with Crippen molar-refractivity contribution in [1.29, 1.82) is 0 Å². The molecular formula is C8H11FN2O2. The van der Waals surface area contributed by atoms with Crippen LogP contribution in [0.5, 0.6) is 0 Å². The molecule has 0 unspecified atom stereocenters. The van der Waals surface area contributed by atoms with E-state index >= 15 is 0 Å². The molecule has 0 aromatic carbocycles. The fourth-order valence-corrected chi connectivity index (χ4v) is 0.760. The van der Waals surface area contributed by atoms with Gasteiger partial charge in [-0.1, -0.05) is 0 Å². The lowest BCUT2D eigenvalue weighted by atomic mass is 10.4. The maximum atomic E-state index is 12.0.